The van der Waals surface area contributed by atoms with Crippen LogP contribution in [0.1, 0.15) is 58.3 Å². The van der Waals surface area contributed by atoms with Crippen molar-refractivity contribution >= 4 is 44.9 Å². The van der Waals surface area contributed by atoms with Gasteiger partial charge < -0.3 is 15.0 Å². The third kappa shape index (κ3) is 8.66. The van der Waals surface area contributed by atoms with Gasteiger partial charge in [-0.1, -0.05) is 18.0 Å². The Morgan fingerprint density at radius 3 is 2.43 bits per heavy atom. The molecule has 1 heterocycles. The maximum Gasteiger partial charge on any atom is 0.264 e. The zero-order valence-electron chi connectivity index (χ0n) is 24.5. The van der Waals surface area contributed by atoms with Crippen molar-refractivity contribution in [3.8, 4) is 11.8 Å². The average Bonchev–Trinajstić information content (AvgIpc) is 3.00. The van der Waals surface area contributed by atoms with Crippen LogP contribution in [0.15, 0.2) is 59.5 Å². The quantitative estimate of drug-likeness (QED) is 0.287. The van der Waals surface area contributed by atoms with E-state index in [4.69, 9.17) is 16.3 Å². The summed E-state index contributed by atoms with van der Waals surface area (Å²) in [6, 6.07) is 15.3. The first kappa shape index (κ1) is 32.7. The van der Waals surface area contributed by atoms with Gasteiger partial charge in [0.1, 0.15) is 5.75 Å². The number of anilines is 1. The molecule has 0 radical (unpaired) electrons. The number of hydrogen-bond donors (Lipinski definition) is 2. The van der Waals surface area contributed by atoms with E-state index in [2.05, 4.69) is 14.9 Å². The first-order valence-electron chi connectivity index (χ1n) is 14.1. The van der Waals surface area contributed by atoms with Gasteiger partial charge in [-0.3, -0.25) is 14.4 Å². The van der Waals surface area contributed by atoms with Crippen molar-refractivity contribution in [2.24, 2.45) is 0 Å². The van der Waals surface area contributed by atoms with Crippen LogP contribution in [0.3, 0.4) is 0 Å². The van der Waals surface area contributed by atoms with Crippen molar-refractivity contribution in [3.63, 3.8) is 0 Å². The largest absolute Gasteiger partial charge is 0.483 e. The summed E-state index contributed by atoms with van der Waals surface area (Å²) in [5, 5.41) is 12.2. The Bertz CT molecular complexity index is 1730. The summed E-state index contributed by atoms with van der Waals surface area (Å²) in [6.45, 7) is 5.27. The molecule has 2 N–H and O–H groups in total. The number of nitriles is 1. The predicted octanol–water partition coefficient (Wildman–Crippen LogP) is 4.76. The van der Waals surface area contributed by atoms with Crippen LogP contribution in [0.4, 0.5) is 5.69 Å². The number of nitrogens with one attached hydrogen (secondary N) is 2. The van der Waals surface area contributed by atoms with E-state index >= 15 is 0 Å². The lowest BCUT2D eigenvalue weighted by molar-refractivity contribution is -0.120. The van der Waals surface area contributed by atoms with Gasteiger partial charge >= 0.3 is 0 Å². The van der Waals surface area contributed by atoms with E-state index in [-0.39, 0.29) is 28.2 Å². The van der Waals surface area contributed by atoms with Crippen molar-refractivity contribution in [2.45, 2.75) is 44.4 Å². The minimum Gasteiger partial charge on any atom is -0.483 e. The Hall–Kier alpha value is -4.24. The zero-order valence-corrected chi connectivity index (χ0v) is 26.1. The van der Waals surface area contributed by atoms with Crippen molar-refractivity contribution in [1.82, 2.24) is 9.62 Å². The highest BCUT2D eigenvalue weighted by Crippen LogP contribution is 2.27. The summed E-state index contributed by atoms with van der Waals surface area (Å²) < 4.78 is 33.4. The molecule has 3 aromatic carbocycles. The lowest BCUT2D eigenvalue weighted by Crippen LogP contribution is -2.36. The number of aryl methyl sites for hydroxylation is 2. The number of ketones is 1. The number of benzene rings is 3. The number of amides is 2. The van der Waals surface area contributed by atoms with Gasteiger partial charge in [0.25, 0.3) is 15.9 Å². The molecule has 0 atom stereocenters. The minimum atomic E-state index is -4.09. The summed E-state index contributed by atoms with van der Waals surface area (Å²) in [5.41, 5.74) is 2.29. The Morgan fingerprint density at radius 2 is 1.73 bits per heavy atom. The number of hydrogen-bond acceptors (Lipinski definition) is 8. The fourth-order valence-corrected chi connectivity index (χ4v) is 6.19. The molecule has 1 aliphatic rings. The Balaban J connectivity index is 1.38. The van der Waals surface area contributed by atoms with Crippen LogP contribution >= 0.6 is 11.6 Å². The van der Waals surface area contributed by atoms with Gasteiger partial charge in [0.2, 0.25) is 5.91 Å². The van der Waals surface area contributed by atoms with Crippen molar-refractivity contribution in [2.75, 3.05) is 31.6 Å². The van der Waals surface area contributed by atoms with E-state index in [0.29, 0.717) is 28.4 Å². The van der Waals surface area contributed by atoms with Crippen LogP contribution in [-0.4, -0.2) is 57.2 Å². The molecule has 2 amide bonds. The molecule has 230 valence electrons. The van der Waals surface area contributed by atoms with E-state index in [1.807, 2.05) is 6.07 Å². The second-order valence-electron chi connectivity index (χ2n) is 10.7. The fraction of sp³-hybridized carbons (Fsp3) is 0.312. The molecule has 12 heteroatoms. The van der Waals surface area contributed by atoms with Gasteiger partial charge in [-0.2, -0.15) is 5.26 Å². The summed E-state index contributed by atoms with van der Waals surface area (Å²) in [6.07, 6.45) is 3.41. The van der Waals surface area contributed by atoms with Crippen LogP contribution in [0.25, 0.3) is 0 Å². The van der Waals surface area contributed by atoms with Crippen molar-refractivity contribution in [1.29, 1.82) is 5.26 Å². The molecule has 1 saturated heterocycles. The van der Waals surface area contributed by atoms with E-state index in [1.54, 1.807) is 26.0 Å². The summed E-state index contributed by atoms with van der Waals surface area (Å²) in [5.74, 6) is -1.42. The molecular formula is C32H33ClN4O6S. The van der Waals surface area contributed by atoms with Gasteiger partial charge in [-0.25, -0.2) is 13.1 Å². The molecule has 10 nitrogen and oxygen atoms in total. The smallest absolute Gasteiger partial charge is 0.264 e. The first-order valence-corrected chi connectivity index (χ1v) is 16.0. The van der Waals surface area contributed by atoms with Gasteiger partial charge in [-0.15, -0.1) is 0 Å². The van der Waals surface area contributed by atoms with Crippen LogP contribution in [0, 0.1) is 25.2 Å². The molecule has 0 saturated carbocycles. The third-order valence-corrected chi connectivity index (χ3v) is 8.75. The van der Waals surface area contributed by atoms with E-state index in [9.17, 15) is 28.1 Å². The van der Waals surface area contributed by atoms with Crippen LogP contribution in [0.5, 0.6) is 5.75 Å². The molecule has 0 unspecified atom stereocenters. The second-order valence-corrected chi connectivity index (χ2v) is 12.8. The molecule has 0 aromatic heterocycles. The van der Waals surface area contributed by atoms with Gasteiger partial charge in [0.15, 0.2) is 12.4 Å². The molecule has 3 aromatic rings. The molecule has 0 aliphatic carbocycles. The number of halogens is 1. The number of carbonyl (C=O) groups is 3. The number of likely N-dealkylation sites (tertiary alicyclic amines) is 1. The SMILES string of the molecule is Cc1cc(C#N)cc(C(=O)c2cc(Cl)ccc2OCC(=O)Nc2ccc(S(=O)(=O)NC(=O)CCN3CCCCC3)cc2C)c1. The molecule has 0 bridgehead atoms. The van der Waals surface area contributed by atoms with Crippen molar-refractivity contribution < 1.29 is 27.5 Å². The van der Waals surface area contributed by atoms with Crippen LogP contribution in [-0.2, 0) is 19.6 Å². The number of nitrogens with zero attached hydrogens (tertiary/aromatic N) is 2. The van der Waals surface area contributed by atoms with Gasteiger partial charge in [0.05, 0.1) is 22.1 Å². The third-order valence-electron chi connectivity index (χ3n) is 7.15. The maximum atomic E-state index is 13.3. The molecule has 1 fully saturated rings. The number of ether oxygens (including phenoxy) is 1. The van der Waals surface area contributed by atoms with E-state index in [0.717, 1.165) is 31.5 Å². The number of piperidine rings is 1. The fourth-order valence-electron chi connectivity index (χ4n) is 4.92. The zero-order chi connectivity index (χ0) is 31.9. The molecule has 0 spiro atoms. The first-order chi connectivity index (χ1) is 20.9. The maximum absolute atomic E-state index is 13.3. The lowest BCUT2D eigenvalue weighted by atomic mass is 9.98. The van der Waals surface area contributed by atoms with Gasteiger partial charge in [0, 0.05) is 29.2 Å². The second kappa shape index (κ2) is 14.5. The summed E-state index contributed by atoms with van der Waals surface area (Å²) >= 11 is 6.14. The number of carbonyl (C=O) groups excluding carboxylic acids is 3. The Labute approximate surface area is 262 Å². The predicted molar refractivity (Wildman–Crippen MR) is 166 cm³/mol. The minimum absolute atomic E-state index is 0.0825. The van der Waals surface area contributed by atoms with E-state index in [1.165, 1.54) is 48.9 Å². The average molecular weight is 637 g/mol. The Kier molecular flexibility index (Phi) is 10.8. The normalized spacial score (nSPS) is 13.5. The van der Waals surface area contributed by atoms with Gasteiger partial charge in [-0.05, 0) is 106 Å². The van der Waals surface area contributed by atoms with Crippen LogP contribution < -0.4 is 14.8 Å². The van der Waals surface area contributed by atoms with Crippen molar-refractivity contribution in [3.05, 3.63) is 87.4 Å². The molecule has 4 rings (SSSR count). The standard InChI is InChI=1S/C32H33ClN4O6S/c1-21-14-23(19-34)17-24(15-21)32(40)27-18-25(33)6-9-29(27)43-20-31(39)35-28-8-7-26(16-22(28)2)44(41,42)36-30(38)10-13-37-11-4-3-5-12-37/h6-9,14-18H,3-5,10-13,20H2,1-2H3,(H,35,39)(H,36,38). The Morgan fingerprint density at radius 1 is 0.977 bits per heavy atom. The van der Waals surface area contributed by atoms with E-state index < -0.39 is 34.2 Å². The lowest BCUT2D eigenvalue weighted by Gasteiger charge is -2.25. The molecule has 44 heavy (non-hydrogen) atoms. The topological polar surface area (TPSA) is 146 Å². The molecule has 1 aliphatic heterocycles. The summed E-state index contributed by atoms with van der Waals surface area (Å²) in [7, 11) is -4.09. The molecular weight excluding hydrogens is 604 g/mol. The van der Waals surface area contributed by atoms with Crippen LogP contribution in [0.2, 0.25) is 5.02 Å². The number of rotatable bonds is 11. The highest BCUT2D eigenvalue weighted by Gasteiger charge is 2.21. The number of sulfonamides is 1. The highest BCUT2D eigenvalue weighted by atomic mass is 35.5. The monoisotopic (exact) mass is 636 g/mol. The highest BCUT2D eigenvalue weighted by molar-refractivity contribution is 7.90. The summed E-state index contributed by atoms with van der Waals surface area (Å²) in [4.78, 5) is 40.4.